The van der Waals surface area contributed by atoms with E-state index in [1.807, 2.05) is 36.4 Å². The second-order valence-corrected chi connectivity index (χ2v) is 6.70. The fraction of sp³-hybridized carbons (Fsp3) is 0.0909. The number of H-pyrrole nitrogens is 2. The first-order valence-corrected chi connectivity index (χ1v) is 9.03. The van der Waals surface area contributed by atoms with E-state index >= 15 is 0 Å². The van der Waals surface area contributed by atoms with Crippen LogP contribution in [-0.2, 0) is 6.42 Å². The van der Waals surface area contributed by atoms with E-state index in [2.05, 4.69) is 45.3 Å². The molecule has 27 heavy (non-hydrogen) atoms. The van der Waals surface area contributed by atoms with Crippen LogP contribution in [0.25, 0.3) is 46.4 Å². The molecule has 5 rings (SSSR count). The van der Waals surface area contributed by atoms with Gasteiger partial charge in [-0.05, 0) is 79.7 Å². The molecule has 0 unspecified atom stereocenters. The number of rotatable bonds is 2. The Balaban J connectivity index is 1.86. The molecule has 132 valence electrons. The minimum absolute atomic E-state index is 0.572. The van der Waals surface area contributed by atoms with Gasteiger partial charge in [-0.15, -0.1) is 0 Å². The van der Waals surface area contributed by atoms with Gasteiger partial charge in [-0.1, -0.05) is 0 Å². The minimum Gasteiger partial charge on any atom is -0.355 e. The Bertz CT molecular complexity index is 1240. The van der Waals surface area contributed by atoms with Gasteiger partial charge in [0, 0.05) is 27.6 Å². The van der Waals surface area contributed by atoms with Gasteiger partial charge in [0.05, 0.1) is 22.8 Å². The maximum Gasteiger partial charge on any atom is 0.0690 e. The smallest absolute Gasteiger partial charge is 0.0690 e. The van der Waals surface area contributed by atoms with Crippen molar-refractivity contribution in [3.05, 3.63) is 70.8 Å². The lowest BCUT2D eigenvalue weighted by atomic mass is 10.1. The van der Waals surface area contributed by atoms with Gasteiger partial charge in [0.1, 0.15) is 0 Å². The fourth-order valence-electron chi connectivity index (χ4n) is 3.47. The Morgan fingerprint density at radius 2 is 1.30 bits per heavy atom. The lowest BCUT2D eigenvalue weighted by Gasteiger charge is -2.00. The predicted molar refractivity (Wildman–Crippen MR) is 112 cm³/mol. The highest BCUT2D eigenvalue weighted by Crippen LogP contribution is 2.21. The van der Waals surface area contributed by atoms with Crippen LogP contribution < -0.4 is 5.73 Å². The molecule has 0 atom stereocenters. The van der Waals surface area contributed by atoms with E-state index in [0.29, 0.717) is 6.54 Å². The fourth-order valence-corrected chi connectivity index (χ4v) is 3.47. The Kier molecular flexibility index (Phi) is 3.73. The molecule has 4 N–H and O–H groups in total. The first-order valence-electron chi connectivity index (χ1n) is 9.03. The molecule has 0 aliphatic carbocycles. The predicted octanol–water partition coefficient (Wildman–Crippen LogP) is 4.16. The number of hydrogen-bond donors (Lipinski definition) is 3. The van der Waals surface area contributed by atoms with Crippen molar-refractivity contribution in [3.63, 3.8) is 0 Å². The zero-order valence-electron chi connectivity index (χ0n) is 14.7. The molecule has 0 aromatic carbocycles. The molecule has 0 amide bonds. The third kappa shape index (κ3) is 3.09. The number of nitrogens with two attached hydrogens (primary N) is 1. The monoisotopic (exact) mass is 353 g/mol. The molecule has 2 aliphatic heterocycles. The van der Waals surface area contributed by atoms with Gasteiger partial charge in [0.25, 0.3) is 0 Å². The molecular weight excluding hydrogens is 334 g/mol. The highest BCUT2D eigenvalue weighted by atomic mass is 14.8. The van der Waals surface area contributed by atoms with Crippen molar-refractivity contribution in [2.75, 3.05) is 6.54 Å². The quantitative estimate of drug-likeness (QED) is 0.446. The van der Waals surface area contributed by atoms with E-state index in [4.69, 9.17) is 10.7 Å². The van der Waals surface area contributed by atoms with Crippen LogP contribution in [-0.4, -0.2) is 26.5 Å². The van der Waals surface area contributed by atoms with Gasteiger partial charge >= 0.3 is 0 Å². The topological polar surface area (TPSA) is 83.4 Å². The third-order valence-electron chi connectivity index (χ3n) is 4.72. The number of nitrogens with one attached hydrogen (secondary N) is 2. The standard InChI is InChI=1S/C22H19N5/c23-10-9-20-21-7-5-18(26-21)12-16-3-1-14(24-16)11-15-2-4-17(25-15)13-19-6-8-22(20)27-19/h1-8,11-13,24,27H,9-10,23H2. The highest BCUT2D eigenvalue weighted by molar-refractivity contribution is 5.79. The number of hydrogen-bond acceptors (Lipinski definition) is 3. The summed E-state index contributed by atoms with van der Waals surface area (Å²) in [4.78, 5) is 16.3. The normalized spacial score (nSPS) is 12.6. The average Bonchev–Trinajstić information content (AvgIpc) is 3.43. The zero-order valence-corrected chi connectivity index (χ0v) is 14.7. The summed E-state index contributed by atoms with van der Waals surface area (Å²) in [6, 6.07) is 14.4. The molecule has 5 heteroatoms. The van der Waals surface area contributed by atoms with Gasteiger partial charge in [0.15, 0.2) is 0 Å². The van der Waals surface area contributed by atoms with Crippen LogP contribution in [0.1, 0.15) is 28.3 Å². The summed E-state index contributed by atoms with van der Waals surface area (Å²) in [6.45, 7) is 0.572. The lowest BCUT2D eigenvalue weighted by molar-refractivity contribution is 0.964. The van der Waals surface area contributed by atoms with E-state index in [-0.39, 0.29) is 0 Å². The number of aromatic amines is 2. The molecule has 2 aliphatic rings. The second kappa shape index (κ2) is 6.37. The Hall–Kier alpha value is -3.44. The van der Waals surface area contributed by atoms with Crippen LogP contribution >= 0.6 is 0 Å². The molecule has 0 saturated heterocycles. The molecule has 3 aromatic heterocycles. The van der Waals surface area contributed by atoms with Gasteiger partial charge in [-0.25, -0.2) is 9.97 Å². The van der Waals surface area contributed by atoms with E-state index in [9.17, 15) is 0 Å². The van der Waals surface area contributed by atoms with Gasteiger partial charge in [0.2, 0.25) is 0 Å². The summed E-state index contributed by atoms with van der Waals surface area (Å²) in [7, 11) is 0. The van der Waals surface area contributed by atoms with Gasteiger partial charge in [-0.3, -0.25) is 0 Å². The first-order chi connectivity index (χ1) is 13.3. The molecule has 8 bridgehead atoms. The summed E-state index contributed by atoms with van der Waals surface area (Å²) < 4.78 is 0. The SMILES string of the molecule is NCCc1c2nc(cc3ccc(cc4nc(cc5ccc1[nH]5)C=C4)[nH]3)C=C2. The number of fused-ring (bicyclic) bond motifs is 8. The Labute approximate surface area is 156 Å². The van der Waals surface area contributed by atoms with Crippen LogP contribution in [0.5, 0.6) is 0 Å². The number of aromatic nitrogens is 4. The maximum atomic E-state index is 5.86. The van der Waals surface area contributed by atoms with E-state index in [1.54, 1.807) is 0 Å². The van der Waals surface area contributed by atoms with Crippen molar-refractivity contribution in [2.24, 2.45) is 5.73 Å². The second-order valence-electron chi connectivity index (χ2n) is 6.70. The first kappa shape index (κ1) is 15.8. The molecule has 0 spiro atoms. The van der Waals surface area contributed by atoms with Crippen molar-refractivity contribution < 1.29 is 0 Å². The van der Waals surface area contributed by atoms with Crippen LogP contribution in [0.15, 0.2) is 42.5 Å². The van der Waals surface area contributed by atoms with Crippen molar-refractivity contribution in [3.8, 4) is 0 Å². The molecule has 5 heterocycles. The molecule has 5 nitrogen and oxygen atoms in total. The summed E-state index contributed by atoms with van der Waals surface area (Å²) in [6.07, 6.45) is 8.90. The third-order valence-corrected chi connectivity index (χ3v) is 4.72. The number of nitrogens with zero attached hydrogens (tertiary/aromatic N) is 2. The summed E-state index contributed by atoms with van der Waals surface area (Å²) >= 11 is 0. The van der Waals surface area contributed by atoms with E-state index in [1.165, 1.54) is 0 Å². The summed E-state index contributed by atoms with van der Waals surface area (Å²) in [5.41, 5.74) is 14.8. The molecule has 3 aromatic rings. The van der Waals surface area contributed by atoms with Crippen molar-refractivity contribution >= 4 is 46.4 Å². The van der Waals surface area contributed by atoms with Crippen LogP contribution in [0.3, 0.4) is 0 Å². The lowest BCUT2D eigenvalue weighted by Crippen LogP contribution is -2.04. The molecule has 0 radical (unpaired) electrons. The van der Waals surface area contributed by atoms with Crippen LogP contribution in [0.4, 0.5) is 0 Å². The Morgan fingerprint density at radius 1 is 0.704 bits per heavy atom. The van der Waals surface area contributed by atoms with Gasteiger partial charge < -0.3 is 15.7 Å². The minimum atomic E-state index is 0.572. The van der Waals surface area contributed by atoms with Crippen LogP contribution in [0, 0.1) is 0 Å². The summed E-state index contributed by atoms with van der Waals surface area (Å²) in [5.74, 6) is 0. The molecule has 0 saturated carbocycles. The zero-order chi connectivity index (χ0) is 18.2. The highest BCUT2D eigenvalue weighted by Gasteiger charge is 2.07. The average molecular weight is 353 g/mol. The maximum absolute atomic E-state index is 5.86. The van der Waals surface area contributed by atoms with E-state index < -0.39 is 0 Å². The van der Waals surface area contributed by atoms with Crippen molar-refractivity contribution in [1.82, 2.24) is 19.9 Å². The van der Waals surface area contributed by atoms with Gasteiger partial charge in [-0.2, -0.15) is 0 Å². The van der Waals surface area contributed by atoms with Crippen LogP contribution in [0.2, 0.25) is 0 Å². The molecular formula is C22H19N5. The summed E-state index contributed by atoms with van der Waals surface area (Å²) in [5, 5.41) is 0. The van der Waals surface area contributed by atoms with E-state index in [0.717, 1.165) is 56.8 Å². The Morgan fingerprint density at radius 3 is 2.00 bits per heavy atom. The molecule has 0 fully saturated rings. The largest absolute Gasteiger partial charge is 0.355 e. The van der Waals surface area contributed by atoms with Crippen molar-refractivity contribution in [2.45, 2.75) is 6.42 Å². The van der Waals surface area contributed by atoms with Crippen molar-refractivity contribution in [1.29, 1.82) is 0 Å².